The zero-order valence-corrected chi connectivity index (χ0v) is 19.4. The third-order valence-corrected chi connectivity index (χ3v) is 5.71. The summed E-state index contributed by atoms with van der Waals surface area (Å²) in [5.74, 6) is 1.29. The van der Waals surface area contributed by atoms with E-state index in [-0.39, 0.29) is 0 Å². The van der Waals surface area contributed by atoms with Gasteiger partial charge < -0.3 is 14.8 Å². The van der Waals surface area contributed by atoms with Crippen LogP contribution in [-0.4, -0.2) is 19.2 Å². The number of benzene rings is 3. The molecule has 5 nitrogen and oxygen atoms in total. The van der Waals surface area contributed by atoms with Gasteiger partial charge in [-0.25, -0.2) is 0 Å². The SMILES string of the molecule is COc1ccc(/C=C/c2ccc3c(Nc4cc(OC)c(Cl)cc4Cl)c(C#N)cnc3c2)cc1. The minimum Gasteiger partial charge on any atom is -0.497 e. The normalized spacial score (nSPS) is 10.9. The second-order valence-electron chi connectivity index (χ2n) is 7.13. The molecule has 1 N–H and O–H groups in total. The molecule has 0 bridgehead atoms. The molecular weight excluding hydrogens is 457 g/mol. The maximum absolute atomic E-state index is 9.64. The van der Waals surface area contributed by atoms with E-state index in [4.69, 9.17) is 32.7 Å². The number of ether oxygens (including phenoxy) is 2. The van der Waals surface area contributed by atoms with Crippen LogP contribution < -0.4 is 14.8 Å². The summed E-state index contributed by atoms with van der Waals surface area (Å²) in [5.41, 5.74) is 4.36. The van der Waals surface area contributed by atoms with Crippen molar-refractivity contribution in [2.75, 3.05) is 19.5 Å². The molecule has 4 rings (SSSR count). The smallest absolute Gasteiger partial charge is 0.139 e. The highest BCUT2D eigenvalue weighted by molar-refractivity contribution is 6.37. The third kappa shape index (κ3) is 4.88. The summed E-state index contributed by atoms with van der Waals surface area (Å²) >= 11 is 12.5. The molecule has 33 heavy (non-hydrogen) atoms. The van der Waals surface area contributed by atoms with Gasteiger partial charge in [0.2, 0.25) is 0 Å². The number of hydrogen-bond donors (Lipinski definition) is 1. The van der Waals surface area contributed by atoms with Gasteiger partial charge in [0.1, 0.15) is 17.6 Å². The fourth-order valence-electron chi connectivity index (χ4n) is 3.36. The first kappa shape index (κ1) is 22.5. The van der Waals surface area contributed by atoms with E-state index in [9.17, 15) is 5.26 Å². The summed E-state index contributed by atoms with van der Waals surface area (Å²) in [6.45, 7) is 0. The van der Waals surface area contributed by atoms with E-state index in [0.29, 0.717) is 32.7 Å². The lowest BCUT2D eigenvalue weighted by Gasteiger charge is -2.14. The summed E-state index contributed by atoms with van der Waals surface area (Å²) < 4.78 is 10.5. The van der Waals surface area contributed by atoms with Gasteiger partial charge in [-0.15, -0.1) is 0 Å². The molecule has 4 aromatic rings. The van der Waals surface area contributed by atoms with Crippen LogP contribution in [0.4, 0.5) is 11.4 Å². The number of rotatable bonds is 6. The van der Waals surface area contributed by atoms with Crippen molar-refractivity contribution in [2.45, 2.75) is 0 Å². The van der Waals surface area contributed by atoms with Crippen molar-refractivity contribution in [3.05, 3.63) is 87.5 Å². The van der Waals surface area contributed by atoms with Gasteiger partial charge in [-0.2, -0.15) is 5.26 Å². The van der Waals surface area contributed by atoms with Gasteiger partial charge in [-0.1, -0.05) is 59.6 Å². The van der Waals surface area contributed by atoms with Gasteiger partial charge in [-0.05, 0) is 35.4 Å². The number of nitrogens with one attached hydrogen (secondary N) is 1. The third-order valence-electron chi connectivity index (χ3n) is 5.10. The Morgan fingerprint density at radius 1 is 0.909 bits per heavy atom. The van der Waals surface area contributed by atoms with Gasteiger partial charge in [0.15, 0.2) is 0 Å². The number of nitriles is 1. The van der Waals surface area contributed by atoms with Gasteiger partial charge in [-0.3, -0.25) is 4.98 Å². The molecule has 7 heteroatoms. The fourth-order valence-corrected chi connectivity index (χ4v) is 3.86. The Hall–Kier alpha value is -3.72. The molecule has 0 saturated carbocycles. The molecule has 0 spiro atoms. The second kappa shape index (κ2) is 9.83. The number of fused-ring (bicyclic) bond motifs is 1. The molecule has 0 amide bonds. The minimum atomic E-state index is 0.397. The summed E-state index contributed by atoms with van der Waals surface area (Å²) in [6.07, 6.45) is 5.57. The lowest BCUT2D eigenvalue weighted by molar-refractivity contribution is 0.415. The average Bonchev–Trinajstić information content (AvgIpc) is 2.84. The molecule has 0 atom stereocenters. The molecule has 0 aliphatic rings. The first-order chi connectivity index (χ1) is 16.0. The maximum Gasteiger partial charge on any atom is 0.139 e. The van der Waals surface area contributed by atoms with Gasteiger partial charge in [0, 0.05) is 17.6 Å². The van der Waals surface area contributed by atoms with Crippen molar-refractivity contribution >= 4 is 57.6 Å². The number of aromatic nitrogens is 1. The van der Waals surface area contributed by atoms with Crippen molar-refractivity contribution in [2.24, 2.45) is 0 Å². The van der Waals surface area contributed by atoms with Crippen LogP contribution in [0.5, 0.6) is 11.5 Å². The van der Waals surface area contributed by atoms with Crippen LogP contribution in [0.15, 0.2) is 60.8 Å². The summed E-state index contributed by atoms with van der Waals surface area (Å²) in [7, 11) is 3.17. The first-order valence-corrected chi connectivity index (χ1v) is 10.7. The van der Waals surface area contributed by atoms with E-state index in [1.165, 1.54) is 7.11 Å². The van der Waals surface area contributed by atoms with Crippen molar-refractivity contribution in [3.8, 4) is 17.6 Å². The molecular formula is C26H19Cl2N3O2. The van der Waals surface area contributed by atoms with E-state index >= 15 is 0 Å². The number of pyridine rings is 1. The topological polar surface area (TPSA) is 67.2 Å². The predicted octanol–water partition coefficient (Wildman–Crippen LogP) is 7.34. The maximum atomic E-state index is 9.64. The number of methoxy groups -OCH3 is 2. The van der Waals surface area contributed by atoms with Crippen molar-refractivity contribution < 1.29 is 9.47 Å². The average molecular weight is 476 g/mol. The lowest BCUT2D eigenvalue weighted by Crippen LogP contribution is -1.98. The Labute approximate surface area is 201 Å². The Kier molecular flexibility index (Phi) is 6.69. The van der Waals surface area contributed by atoms with Crippen LogP contribution in [0.25, 0.3) is 23.1 Å². The summed E-state index contributed by atoms with van der Waals surface area (Å²) in [5, 5.41) is 14.5. The Morgan fingerprint density at radius 3 is 2.33 bits per heavy atom. The van der Waals surface area contributed by atoms with Crippen molar-refractivity contribution in [1.82, 2.24) is 4.98 Å². The van der Waals surface area contributed by atoms with Gasteiger partial charge in [0.05, 0.1) is 46.7 Å². The van der Waals surface area contributed by atoms with Crippen LogP contribution in [-0.2, 0) is 0 Å². The zero-order chi connectivity index (χ0) is 23.4. The minimum absolute atomic E-state index is 0.397. The van der Waals surface area contributed by atoms with E-state index in [2.05, 4.69) is 16.4 Å². The van der Waals surface area contributed by atoms with Crippen molar-refractivity contribution in [3.63, 3.8) is 0 Å². The van der Waals surface area contributed by atoms with E-state index in [1.807, 2.05) is 54.6 Å². The molecule has 0 aliphatic carbocycles. The number of halogens is 2. The largest absolute Gasteiger partial charge is 0.497 e. The number of hydrogen-bond acceptors (Lipinski definition) is 5. The highest BCUT2D eigenvalue weighted by atomic mass is 35.5. The number of anilines is 2. The molecule has 1 heterocycles. The van der Waals surface area contributed by atoms with Crippen LogP contribution in [0.3, 0.4) is 0 Å². The predicted molar refractivity (Wildman–Crippen MR) is 135 cm³/mol. The van der Waals surface area contributed by atoms with E-state index < -0.39 is 0 Å². The standard InChI is InChI=1S/C26H19Cl2N3O2/c1-32-19-8-5-16(6-9-19)3-4-17-7-10-20-23(11-17)30-15-18(14-29)26(20)31-24-13-25(33-2)22(28)12-21(24)27/h3-13,15H,1-2H3,(H,30,31)/b4-3+. The van der Waals surface area contributed by atoms with Crippen LogP contribution in [0.2, 0.25) is 10.0 Å². The molecule has 0 unspecified atom stereocenters. The molecule has 164 valence electrons. The quantitative estimate of drug-likeness (QED) is 0.295. The van der Waals surface area contributed by atoms with Crippen LogP contribution in [0.1, 0.15) is 16.7 Å². The van der Waals surface area contributed by atoms with Crippen molar-refractivity contribution in [1.29, 1.82) is 5.26 Å². The van der Waals surface area contributed by atoms with Gasteiger partial charge in [0.25, 0.3) is 0 Å². The Morgan fingerprint density at radius 2 is 1.64 bits per heavy atom. The summed E-state index contributed by atoms with van der Waals surface area (Å²) in [6, 6.07) is 19.2. The molecule has 0 saturated heterocycles. The first-order valence-electron chi connectivity index (χ1n) is 9.97. The lowest BCUT2D eigenvalue weighted by atomic mass is 10.1. The van der Waals surface area contributed by atoms with Crippen LogP contribution >= 0.6 is 23.2 Å². The zero-order valence-electron chi connectivity index (χ0n) is 17.9. The van der Waals surface area contributed by atoms with Gasteiger partial charge >= 0.3 is 0 Å². The second-order valence-corrected chi connectivity index (χ2v) is 7.95. The fraction of sp³-hybridized carbons (Fsp3) is 0.0769. The molecule has 0 aliphatic heterocycles. The summed E-state index contributed by atoms with van der Waals surface area (Å²) in [4.78, 5) is 4.47. The number of nitrogens with zero attached hydrogens (tertiary/aromatic N) is 2. The van der Waals surface area contributed by atoms with E-state index in [1.54, 1.807) is 25.4 Å². The molecule has 3 aromatic carbocycles. The monoisotopic (exact) mass is 475 g/mol. The Bertz CT molecular complexity index is 1390. The Balaban J connectivity index is 1.70. The highest BCUT2D eigenvalue weighted by Crippen LogP contribution is 2.38. The molecule has 0 radical (unpaired) electrons. The van der Waals surface area contributed by atoms with Crippen LogP contribution in [0, 0.1) is 11.3 Å². The molecule has 0 fully saturated rings. The van der Waals surface area contributed by atoms with E-state index in [0.717, 1.165) is 27.8 Å². The molecule has 1 aromatic heterocycles. The highest BCUT2D eigenvalue weighted by Gasteiger charge is 2.13.